The van der Waals surface area contributed by atoms with Crippen molar-refractivity contribution in [3.63, 3.8) is 0 Å². The smallest absolute Gasteiger partial charge is 0.215 e. The van der Waals surface area contributed by atoms with Crippen LogP contribution in [0.3, 0.4) is 0 Å². The zero-order valence-corrected chi connectivity index (χ0v) is 14.9. The standard InChI is InChI=1S/C19H24N2O2S/c1-16(12-17-6-4-3-5-7-17)13-21-14-18-8-10-19(11-9-18)15-24(22,23)20-2/h3-12,20-21H,13-15H2,1-2H3. The first kappa shape index (κ1) is 18.4. The highest BCUT2D eigenvalue weighted by molar-refractivity contribution is 7.88. The summed E-state index contributed by atoms with van der Waals surface area (Å²) in [6.45, 7) is 3.66. The minimum absolute atomic E-state index is 0.0100. The quantitative estimate of drug-likeness (QED) is 0.774. The molecule has 0 radical (unpaired) electrons. The maximum Gasteiger partial charge on any atom is 0.215 e. The summed E-state index contributed by atoms with van der Waals surface area (Å²) < 4.78 is 25.4. The molecule has 0 unspecified atom stereocenters. The van der Waals surface area contributed by atoms with Crippen molar-refractivity contribution in [3.05, 3.63) is 76.9 Å². The zero-order valence-electron chi connectivity index (χ0n) is 14.1. The van der Waals surface area contributed by atoms with Gasteiger partial charge in [0.2, 0.25) is 10.0 Å². The fourth-order valence-electron chi connectivity index (χ4n) is 2.33. The second kappa shape index (κ2) is 8.78. The van der Waals surface area contributed by atoms with Gasteiger partial charge in [0.1, 0.15) is 0 Å². The molecule has 2 N–H and O–H groups in total. The Balaban J connectivity index is 1.83. The average Bonchev–Trinajstić information content (AvgIpc) is 2.57. The summed E-state index contributed by atoms with van der Waals surface area (Å²) in [5.74, 6) is 0.0100. The summed E-state index contributed by atoms with van der Waals surface area (Å²) in [6, 6.07) is 17.9. The van der Waals surface area contributed by atoms with Crippen LogP contribution in [0.25, 0.3) is 6.08 Å². The Labute approximate surface area is 144 Å². The van der Waals surface area contributed by atoms with E-state index in [9.17, 15) is 8.42 Å². The summed E-state index contributed by atoms with van der Waals surface area (Å²) in [4.78, 5) is 0. The molecule has 0 saturated heterocycles. The molecule has 0 fully saturated rings. The van der Waals surface area contributed by atoms with Crippen LogP contribution >= 0.6 is 0 Å². The number of benzene rings is 2. The van der Waals surface area contributed by atoms with Gasteiger partial charge in [-0.3, -0.25) is 0 Å². The molecule has 0 atom stereocenters. The minimum atomic E-state index is -3.22. The molecule has 5 heteroatoms. The number of sulfonamides is 1. The van der Waals surface area contributed by atoms with Gasteiger partial charge in [-0.2, -0.15) is 0 Å². The average molecular weight is 344 g/mol. The van der Waals surface area contributed by atoms with Crippen LogP contribution in [0.2, 0.25) is 0 Å². The fourth-order valence-corrected chi connectivity index (χ4v) is 3.11. The Morgan fingerprint density at radius 2 is 1.62 bits per heavy atom. The van der Waals surface area contributed by atoms with Crippen molar-refractivity contribution in [3.8, 4) is 0 Å². The van der Waals surface area contributed by atoms with E-state index in [2.05, 4.69) is 35.2 Å². The van der Waals surface area contributed by atoms with Crippen molar-refractivity contribution in [2.24, 2.45) is 0 Å². The maximum atomic E-state index is 11.5. The van der Waals surface area contributed by atoms with E-state index in [1.807, 2.05) is 42.5 Å². The lowest BCUT2D eigenvalue weighted by molar-refractivity contribution is 0.587. The first-order valence-corrected chi connectivity index (χ1v) is 9.56. The Morgan fingerprint density at radius 3 is 2.25 bits per heavy atom. The van der Waals surface area contributed by atoms with Gasteiger partial charge in [0, 0.05) is 13.1 Å². The van der Waals surface area contributed by atoms with Gasteiger partial charge in [-0.05, 0) is 30.7 Å². The van der Waals surface area contributed by atoms with Gasteiger partial charge in [-0.1, -0.05) is 66.2 Å². The number of rotatable bonds is 8. The molecule has 0 aromatic heterocycles. The third kappa shape index (κ3) is 6.28. The van der Waals surface area contributed by atoms with Crippen molar-refractivity contribution in [2.75, 3.05) is 13.6 Å². The molecule has 2 aromatic rings. The van der Waals surface area contributed by atoms with Crippen LogP contribution in [-0.4, -0.2) is 22.0 Å². The molecule has 0 saturated carbocycles. The third-order valence-electron chi connectivity index (χ3n) is 3.64. The number of hydrogen-bond donors (Lipinski definition) is 2. The summed E-state index contributed by atoms with van der Waals surface area (Å²) >= 11 is 0. The molecule has 24 heavy (non-hydrogen) atoms. The summed E-state index contributed by atoms with van der Waals surface area (Å²) in [6.07, 6.45) is 2.17. The van der Waals surface area contributed by atoms with Crippen molar-refractivity contribution in [1.82, 2.24) is 10.0 Å². The van der Waals surface area contributed by atoms with E-state index < -0.39 is 10.0 Å². The van der Waals surface area contributed by atoms with E-state index in [1.165, 1.54) is 18.2 Å². The normalized spacial score (nSPS) is 12.3. The molecule has 0 bridgehead atoms. The highest BCUT2D eigenvalue weighted by Crippen LogP contribution is 2.08. The van der Waals surface area contributed by atoms with E-state index >= 15 is 0 Å². The lowest BCUT2D eigenvalue weighted by Crippen LogP contribution is -2.20. The zero-order chi connectivity index (χ0) is 17.4. The van der Waals surface area contributed by atoms with Gasteiger partial charge in [0.15, 0.2) is 0 Å². The second-order valence-electron chi connectivity index (χ2n) is 5.78. The first-order valence-electron chi connectivity index (χ1n) is 7.90. The van der Waals surface area contributed by atoms with E-state index in [-0.39, 0.29) is 5.75 Å². The largest absolute Gasteiger partial charge is 0.309 e. The fraction of sp³-hybridized carbons (Fsp3) is 0.263. The van der Waals surface area contributed by atoms with Crippen LogP contribution in [0, 0.1) is 0 Å². The van der Waals surface area contributed by atoms with Crippen molar-refractivity contribution >= 4 is 16.1 Å². The number of hydrogen-bond acceptors (Lipinski definition) is 3. The monoisotopic (exact) mass is 344 g/mol. The molecular formula is C19H24N2O2S. The van der Waals surface area contributed by atoms with Crippen molar-refractivity contribution in [2.45, 2.75) is 19.2 Å². The van der Waals surface area contributed by atoms with E-state index in [4.69, 9.17) is 0 Å². The van der Waals surface area contributed by atoms with Crippen LogP contribution in [-0.2, 0) is 22.3 Å². The third-order valence-corrected chi connectivity index (χ3v) is 4.97. The Hall–Kier alpha value is -1.95. The molecule has 0 heterocycles. The van der Waals surface area contributed by atoms with Crippen molar-refractivity contribution in [1.29, 1.82) is 0 Å². The van der Waals surface area contributed by atoms with Gasteiger partial charge >= 0.3 is 0 Å². The molecular weight excluding hydrogens is 320 g/mol. The van der Waals surface area contributed by atoms with Crippen LogP contribution in [0.1, 0.15) is 23.6 Å². The summed E-state index contributed by atoms with van der Waals surface area (Å²) in [5, 5.41) is 3.40. The molecule has 4 nitrogen and oxygen atoms in total. The van der Waals surface area contributed by atoms with Gasteiger partial charge in [0.25, 0.3) is 0 Å². The van der Waals surface area contributed by atoms with Crippen LogP contribution in [0.4, 0.5) is 0 Å². The molecule has 128 valence electrons. The SMILES string of the molecule is CNS(=O)(=O)Cc1ccc(CNCC(C)=Cc2ccccc2)cc1. The lowest BCUT2D eigenvalue weighted by atomic mass is 10.1. The van der Waals surface area contributed by atoms with Gasteiger partial charge in [0.05, 0.1) is 5.75 Å². The molecule has 0 aliphatic carbocycles. The van der Waals surface area contributed by atoms with Crippen molar-refractivity contribution < 1.29 is 8.42 Å². The molecule has 0 aliphatic heterocycles. The maximum absolute atomic E-state index is 11.5. The topological polar surface area (TPSA) is 58.2 Å². The predicted molar refractivity (Wildman–Crippen MR) is 99.9 cm³/mol. The van der Waals surface area contributed by atoms with Crippen LogP contribution < -0.4 is 10.0 Å². The summed E-state index contributed by atoms with van der Waals surface area (Å²) in [5.41, 5.74) is 4.38. The van der Waals surface area contributed by atoms with E-state index in [0.29, 0.717) is 0 Å². The predicted octanol–water partition coefficient (Wildman–Crippen LogP) is 2.93. The molecule has 2 aromatic carbocycles. The van der Waals surface area contributed by atoms with Crippen LogP contribution in [0.15, 0.2) is 60.2 Å². The highest BCUT2D eigenvalue weighted by Gasteiger charge is 2.07. The molecule has 0 spiro atoms. The molecule has 2 rings (SSSR count). The van der Waals surface area contributed by atoms with Gasteiger partial charge in [-0.15, -0.1) is 0 Å². The summed E-state index contributed by atoms with van der Waals surface area (Å²) in [7, 11) is -1.79. The van der Waals surface area contributed by atoms with E-state index in [1.54, 1.807) is 0 Å². The molecule has 0 aliphatic rings. The highest BCUT2D eigenvalue weighted by atomic mass is 32.2. The Kier molecular flexibility index (Phi) is 6.73. The lowest BCUT2D eigenvalue weighted by Gasteiger charge is -2.07. The number of nitrogens with one attached hydrogen (secondary N) is 2. The first-order chi connectivity index (χ1) is 11.5. The van der Waals surface area contributed by atoms with Gasteiger partial charge < -0.3 is 5.32 Å². The second-order valence-corrected chi connectivity index (χ2v) is 7.71. The Morgan fingerprint density at radius 1 is 1.00 bits per heavy atom. The van der Waals surface area contributed by atoms with Gasteiger partial charge in [-0.25, -0.2) is 13.1 Å². The molecule has 0 amide bonds. The Bertz CT molecular complexity index is 767. The van der Waals surface area contributed by atoms with Crippen LogP contribution in [0.5, 0.6) is 0 Å². The minimum Gasteiger partial charge on any atom is -0.309 e. The van der Waals surface area contributed by atoms with E-state index in [0.717, 1.165) is 24.2 Å².